The molecular weight excluding hydrogens is 306 g/mol. The highest BCUT2D eigenvalue weighted by molar-refractivity contribution is 5.97. The fraction of sp³-hybridized carbons (Fsp3) is 0.158. The molecule has 1 unspecified atom stereocenters. The third-order valence-corrected chi connectivity index (χ3v) is 4.41. The Bertz CT molecular complexity index is 1020. The average molecular weight is 321 g/mol. The second-order valence-electron chi connectivity index (χ2n) is 5.95. The van der Waals surface area contributed by atoms with E-state index in [0.717, 1.165) is 11.1 Å². The highest BCUT2D eigenvalue weighted by Crippen LogP contribution is 2.39. The minimum atomic E-state index is -1.21. The Morgan fingerprint density at radius 2 is 1.96 bits per heavy atom. The fourth-order valence-electron chi connectivity index (χ4n) is 3.19. The van der Waals surface area contributed by atoms with Crippen LogP contribution >= 0.6 is 0 Å². The van der Waals surface area contributed by atoms with E-state index in [9.17, 15) is 14.7 Å². The monoisotopic (exact) mass is 321 g/mol. The average Bonchev–Trinajstić information content (AvgIpc) is 2.59. The van der Waals surface area contributed by atoms with Gasteiger partial charge < -0.3 is 14.4 Å². The molecule has 2 aromatic carbocycles. The first-order valence-corrected chi connectivity index (χ1v) is 7.71. The van der Waals surface area contributed by atoms with E-state index in [4.69, 9.17) is 4.74 Å². The predicted octanol–water partition coefficient (Wildman–Crippen LogP) is 3.32. The molecule has 1 atom stereocenters. The van der Waals surface area contributed by atoms with Crippen molar-refractivity contribution in [2.75, 3.05) is 6.61 Å². The number of hydrogen-bond acceptors (Lipinski definition) is 3. The van der Waals surface area contributed by atoms with Crippen LogP contribution in [0.2, 0.25) is 0 Å². The van der Waals surface area contributed by atoms with E-state index in [1.165, 1.54) is 6.20 Å². The van der Waals surface area contributed by atoms with E-state index in [2.05, 4.69) is 0 Å². The summed E-state index contributed by atoms with van der Waals surface area (Å²) in [7, 11) is 0. The van der Waals surface area contributed by atoms with Crippen molar-refractivity contribution < 1.29 is 14.6 Å². The van der Waals surface area contributed by atoms with Crippen LogP contribution in [0.15, 0.2) is 53.5 Å². The number of hydrogen-bond donors (Lipinski definition) is 1. The number of rotatable bonds is 2. The largest absolute Gasteiger partial charge is 0.489 e. The Morgan fingerprint density at radius 1 is 1.21 bits per heavy atom. The van der Waals surface area contributed by atoms with Crippen LogP contribution in [-0.2, 0) is 0 Å². The number of carboxylic acid groups (broad SMARTS) is 1. The van der Waals surface area contributed by atoms with Crippen molar-refractivity contribution in [3.05, 3.63) is 64.4 Å². The second kappa shape index (κ2) is 5.23. The zero-order valence-electron chi connectivity index (χ0n) is 13.0. The molecule has 1 aromatic heterocycles. The molecule has 0 saturated heterocycles. The topological polar surface area (TPSA) is 68.5 Å². The Morgan fingerprint density at radius 3 is 2.67 bits per heavy atom. The fourth-order valence-corrected chi connectivity index (χ4v) is 3.19. The number of carboxylic acids is 1. The van der Waals surface area contributed by atoms with Crippen molar-refractivity contribution in [2.45, 2.75) is 13.0 Å². The van der Waals surface area contributed by atoms with Gasteiger partial charge in [0.25, 0.3) is 0 Å². The molecule has 0 radical (unpaired) electrons. The summed E-state index contributed by atoms with van der Waals surface area (Å²) >= 11 is 0. The van der Waals surface area contributed by atoms with E-state index in [-0.39, 0.29) is 11.6 Å². The van der Waals surface area contributed by atoms with Gasteiger partial charge in [-0.25, -0.2) is 4.79 Å². The van der Waals surface area contributed by atoms with Gasteiger partial charge in [-0.15, -0.1) is 0 Å². The summed E-state index contributed by atoms with van der Waals surface area (Å²) in [5.74, 6) is -0.580. The van der Waals surface area contributed by atoms with Crippen LogP contribution in [0.1, 0.15) is 23.3 Å². The van der Waals surface area contributed by atoms with Gasteiger partial charge >= 0.3 is 5.97 Å². The number of aromatic carboxylic acids is 1. The lowest BCUT2D eigenvalue weighted by Crippen LogP contribution is -2.26. The van der Waals surface area contributed by atoms with Crippen molar-refractivity contribution in [3.63, 3.8) is 0 Å². The van der Waals surface area contributed by atoms with Crippen LogP contribution in [0.4, 0.5) is 0 Å². The summed E-state index contributed by atoms with van der Waals surface area (Å²) in [6, 6.07) is 13.2. The minimum Gasteiger partial charge on any atom is -0.489 e. The first-order chi connectivity index (χ1) is 11.6. The normalized spacial score (nSPS) is 16.0. The molecule has 4 rings (SSSR count). The van der Waals surface area contributed by atoms with Gasteiger partial charge in [0, 0.05) is 11.8 Å². The van der Waals surface area contributed by atoms with Crippen LogP contribution in [0.3, 0.4) is 0 Å². The molecule has 0 fully saturated rings. The first kappa shape index (κ1) is 14.5. The number of carbonyl (C=O) groups is 1. The molecule has 5 nitrogen and oxygen atoms in total. The molecular formula is C19H15NO4. The van der Waals surface area contributed by atoms with Crippen molar-refractivity contribution in [1.82, 2.24) is 4.57 Å². The van der Waals surface area contributed by atoms with Crippen molar-refractivity contribution >= 4 is 16.9 Å². The van der Waals surface area contributed by atoms with Crippen LogP contribution in [-0.4, -0.2) is 22.2 Å². The van der Waals surface area contributed by atoms with Gasteiger partial charge in [-0.3, -0.25) is 4.79 Å². The molecule has 0 aliphatic carbocycles. The maximum absolute atomic E-state index is 12.5. The first-order valence-electron chi connectivity index (χ1n) is 7.71. The third kappa shape index (κ3) is 2.01. The molecule has 1 aliphatic heterocycles. The summed E-state index contributed by atoms with van der Waals surface area (Å²) in [6.07, 6.45) is 1.43. The lowest BCUT2D eigenvalue weighted by atomic mass is 9.99. The Balaban J connectivity index is 2.12. The zero-order valence-corrected chi connectivity index (χ0v) is 13.0. The van der Waals surface area contributed by atoms with Crippen LogP contribution in [0.25, 0.3) is 22.0 Å². The Kier molecular flexibility index (Phi) is 3.16. The minimum absolute atomic E-state index is 0.0512. The SMILES string of the molecule is CC1COc2c(-c3ccccc3)ccc3c(=O)c(C(=O)O)cn1c23. The van der Waals surface area contributed by atoms with Gasteiger partial charge in [-0.2, -0.15) is 0 Å². The van der Waals surface area contributed by atoms with Crippen molar-refractivity contribution in [1.29, 1.82) is 0 Å². The van der Waals surface area contributed by atoms with E-state index >= 15 is 0 Å². The Hall–Kier alpha value is -3.08. The molecule has 0 bridgehead atoms. The highest BCUT2D eigenvalue weighted by Gasteiger charge is 2.25. The van der Waals surface area contributed by atoms with Crippen LogP contribution in [0.5, 0.6) is 5.75 Å². The number of pyridine rings is 1. The maximum Gasteiger partial charge on any atom is 0.341 e. The summed E-state index contributed by atoms with van der Waals surface area (Å²) in [5, 5.41) is 9.68. The smallest absolute Gasteiger partial charge is 0.341 e. The van der Waals surface area contributed by atoms with Gasteiger partial charge in [-0.1, -0.05) is 30.3 Å². The summed E-state index contributed by atoms with van der Waals surface area (Å²) in [4.78, 5) is 23.9. The van der Waals surface area contributed by atoms with E-state index in [1.54, 1.807) is 6.07 Å². The highest BCUT2D eigenvalue weighted by atomic mass is 16.5. The molecule has 120 valence electrons. The summed E-state index contributed by atoms with van der Waals surface area (Å²) in [5.41, 5.74) is 1.85. The van der Waals surface area contributed by atoms with Gasteiger partial charge in [0.2, 0.25) is 5.43 Å². The molecule has 5 heteroatoms. The van der Waals surface area contributed by atoms with E-state index in [1.807, 2.05) is 47.9 Å². The molecule has 0 saturated carbocycles. The second-order valence-corrected chi connectivity index (χ2v) is 5.95. The number of nitrogens with zero attached hydrogens (tertiary/aromatic N) is 1. The lowest BCUT2D eigenvalue weighted by molar-refractivity contribution is 0.0694. The van der Waals surface area contributed by atoms with Crippen LogP contribution < -0.4 is 10.2 Å². The number of aromatic nitrogens is 1. The zero-order chi connectivity index (χ0) is 16.8. The molecule has 1 aliphatic rings. The maximum atomic E-state index is 12.5. The third-order valence-electron chi connectivity index (χ3n) is 4.41. The van der Waals surface area contributed by atoms with Crippen molar-refractivity contribution in [2.24, 2.45) is 0 Å². The molecule has 0 amide bonds. The molecule has 24 heavy (non-hydrogen) atoms. The lowest BCUT2D eigenvalue weighted by Gasteiger charge is -2.28. The number of benzene rings is 2. The number of ether oxygens (including phenoxy) is 1. The molecule has 3 aromatic rings. The van der Waals surface area contributed by atoms with Crippen molar-refractivity contribution in [3.8, 4) is 16.9 Å². The van der Waals surface area contributed by atoms with Gasteiger partial charge in [0.05, 0.1) is 16.9 Å². The standard InChI is InChI=1S/C19H15NO4/c1-11-10-24-18-13(12-5-3-2-4-6-12)7-8-14-16(18)20(11)9-15(17(14)21)19(22)23/h2-9,11H,10H2,1H3,(H,22,23). The van der Waals surface area contributed by atoms with Gasteiger partial charge in [0.1, 0.15) is 12.2 Å². The molecule has 2 heterocycles. The van der Waals surface area contributed by atoms with E-state index in [0.29, 0.717) is 23.3 Å². The Labute approximate surface area is 137 Å². The molecule has 0 spiro atoms. The molecule has 1 N–H and O–H groups in total. The summed E-state index contributed by atoms with van der Waals surface area (Å²) < 4.78 is 7.78. The van der Waals surface area contributed by atoms with Crippen LogP contribution in [0, 0.1) is 0 Å². The van der Waals surface area contributed by atoms with Gasteiger partial charge in [0.15, 0.2) is 5.75 Å². The quantitative estimate of drug-likeness (QED) is 0.786. The van der Waals surface area contributed by atoms with Gasteiger partial charge in [-0.05, 0) is 24.6 Å². The van der Waals surface area contributed by atoms with E-state index < -0.39 is 11.4 Å². The predicted molar refractivity (Wildman–Crippen MR) is 90.8 cm³/mol. The summed E-state index contributed by atoms with van der Waals surface area (Å²) in [6.45, 7) is 2.36.